The van der Waals surface area contributed by atoms with E-state index in [4.69, 9.17) is 11.6 Å². The maximum absolute atomic E-state index is 12.8. The highest BCUT2D eigenvalue weighted by molar-refractivity contribution is 6.33. The van der Waals surface area contributed by atoms with Crippen molar-refractivity contribution in [1.82, 2.24) is 9.78 Å². The maximum Gasteiger partial charge on any atom is 0.280 e. The number of benzene rings is 1. The van der Waals surface area contributed by atoms with E-state index in [0.717, 1.165) is 10.7 Å². The van der Waals surface area contributed by atoms with E-state index in [2.05, 4.69) is 10.4 Å². The lowest BCUT2D eigenvalue weighted by Crippen LogP contribution is -2.21. The van der Waals surface area contributed by atoms with Gasteiger partial charge in [-0.25, -0.2) is 8.78 Å². The summed E-state index contributed by atoms with van der Waals surface area (Å²) in [6, 6.07) is 4.71. The molecule has 0 aliphatic carbocycles. The Hall–Kier alpha value is -2.55. The van der Waals surface area contributed by atoms with Crippen LogP contribution in [0.25, 0.3) is 0 Å². The molecule has 10 heteroatoms. The number of rotatable bonds is 5. The first-order valence-corrected chi connectivity index (χ1v) is 6.72. The summed E-state index contributed by atoms with van der Waals surface area (Å²) in [5.74, 6) is -0.683. The van der Waals surface area contributed by atoms with E-state index < -0.39 is 23.8 Å². The molecule has 0 spiro atoms. The summed E-state index contributed by atoms with van der Waals surface area (Å²) < 4.78 is 26.5. The summed E-state index contributed by atoms with van der Waals surface area (Å²) in [5.41, 5.74) is -0.273. The van der Waals surface area contributed by atoms with E-state index >= 15 is 0 Å². The van der Waals surface area contributed by atoms with Crippen LogP contribution in [0.2, 0.25) is 5.02 Å². The maximum atomic E-state index is 12.8. The van der Waals surface area contributed by atoms with Crippen LogP contribution in [0.5, 0.6) is 0 Å². The van der Waals surface area contributed by atoms with Crippen LogP contribution < -0.4 is 5.32 Å². The second kappa shape index (κ2) is 6.69. The first kappa shape index (κ1) is 16.8. The van der Waals surface area contributed by atoms with E-state index in [-0.39, 0.29) is 22.1 Å². The zero-order valence-electron chi connectivity index (χ0n) is 11.8. The van der Waals surface area contributed by atoms with Gasteiger partial charge in [0.05, 0.1) is 21.3 Å². The molecule has 2 rings (SSSR count). The number of amides is 1. The largest absolute Gasteiger partial charge is 0.323 e. The van der Waals surface area contributed by atoms with E-state index in [1.807, 2.05) is 0 Å². The zero-order valence-corrected chi connectivity index (χ0v) is 12.6. The highest BCUT2D eigenvalue weighted by atomic mass is 35.5. The molecule has 0 radical (unpaired) electrons. The smallest absolute Gasteiger partial charge is 0.280 e. The average Bonchev–Trinajstić information content (AvgIpc) is 2.81. The molecule has 23 heavy (non-hydrogen) atoms. The van der Waals surface area contributed by atoms with Crippen molar-refractivity contribution in [2.75, 3.05) is 5.32 Å². The highest BCUT2D eigenvalue weighted by Gasteiger charge is 2.18. The Bertz CT molecular complexity index is 764. The fourth-order valence-electron chi connectivity index (χ4n) is 1.92. The predicted molar refractivity (Wildman–Crippen MR) is 78.7 cm³/mol. The Morgan fingerprint density at radius 3 is 2.78 bits per heavy atom. The van der Waals surface area contributed by atoms with E-state index in [9.17, 15) is 23.7 Å². The zero-order chi connectivity index (χ0) is 17.1. The monoisotopic (exact) mass is 344 g/mol. The van der Waals surface area contributed by atoms with Gasteiger partial charge in [-0.05, 0) is 19.1 Å². The molecule has 0 fully saturated rings. The number of non-ortho nitro benzene ring substituents is 1. The number of alkyl halides is 2. The van der Waals surface area contributed by atoms with Gasteiger partial charge in [-0.1, -0.05) is 11.6 Å². The van der Waals surface area contributed by atoms with Crippen LogP contribution in [0.4, 0.5) is 20.2 Å². The van der Waals surface area contributed by atoms with E-state index in [1.54, 1.807) is 0 Å². The van der Waals surface area contributed by atoms with Crippen molar-refractivity contribution in [3.05, 3.63) is 50.8 Å². The quantitative estimate of drug-likeness (QED) is 0.665. The number of carbonyl (C=O) groups excluding carboxylic acids is 1. The van der Waals surface area contributed by atoms with Crippen molar-refractivity contribution in [3.63, 3.8) is 0 Å². The number of nitro benzene ring substituents is 1. The molecule has 0 bridgehead atoms. The fraction of sp³-hybridized carbons (Fsp3) is 0.231. The second-order valence-corrected chi connectivity index (χ2v) is 5.05. The molecular formula is C13H11ClF2N4O3. The Morgan fingerprint density at radius 1 is 1.48 bits per heavy atom. The summed E-state index contributed by atoms with van der Waals surface area (Å²) in [6.07, 6.45) is -2.77. The Labute approximate surface area is 134 Å². The number of halogens is 3. The third-order valence-electron chi connectivity index (χ3n) is 2.89. The molecule has 0 saturated carbocycles. The number of hydrogen-bond donors (Lipinski definition) is 1. The SMILES string of the molecule is Cc1cc(C(F)F)n(CC(=O)Nc2cc([N+](=O)[O-])ccc2Cl)n1. The van der Waals surface area contributed by atoms with Crippen LogP contribution in [0.3, 0.4) is 0 Å². The van der Waals surface area contributed by atoms with Gasteiger partial charge >= 0.3 is 0 Å². The van der Waals surface area contributed by atoms with Crippen LogP contribution >= 0.6 is 11.6 Å². The van der Waals surface area contributed by atoms with Crippen molar-refractivity contribution in [2.24, 2.45) is 0 Å². The van der Waals surface area contributed by atoms with Crippen LogP contribution in [0.1, 0.15) is 17.8 Å². The minimum atomic E-state index is -2.77. The van der Waals surface area contributed by atoms with E-state index in [0.29, 0.717) is 5.69 Å². The number of hydrogen-bond acceptors (Lipinski definition) is 4. The molecule has 0 atom stereocenters. The molecule has 1 heterocycles. The normalized spacial score (nSPS) is 10.8. The Kier molecular flexibility index (Phi) is 4.89. The van der Waals surface area contributed by atoms with Gasteiger partial charge in [-0.15, -0.1) is 0 Å². The number of carbonyl (C=O) groups is 1. The van der Waals surface area contributed by atoms with E-state index in [1.165, 1.54) is 25.1 Å². The Morgan fingerprint density at radius 2 is 2.17 bits per heavy atom. The first-order chi connectivity index (χ1) is 10.8. The first-order valence-electron chi connectivity index (χ1n) is 6.34. The van der Waals surface area contributed by atoms with Crippen LogP contribution in [0.15, 0.2) is 24.3 Å². The highest BCUT2D eigenvalue weighted by Crippen LogP contribution is 2.27. The molecule has 122 valence electrons. The Balaban J connectivity index is 2.17. The average molecular weight is 345 g/mol. The number of nitro groups is 1. The number of aromatic nitrogens is 2. The third kappa shape index (κ3) is 4.01. The summed E-state index contributed by atoms with van der Waals surface area (Å²) in [5, 5.41) is 17.0. The summed E-state index contributed by atoms with van der Waals surface area (Å²) >= 11 is 5.85. The van der Waals surface area contributed by atoms with Gasteiger partial charge in [0, 0.05) is 12.1 Å². The van der Waals surface area contributed by atoms with Crippen LogP contribution in [-0.2, 0) is 11.3 Å². The second-order valence-electron chi connectivity index (χ2n) is 4.64. The fourth-order valence-corrected chi connectivity index (χ4v) is 2.08. The third-order valence-corrected chi connectivity index (χ3v) is 3.21. The molecular weight excluding hydrogens is 334 g/mol. The summed E-state index contributed by atoms with van der Waals surface area (Å²) in [7, 11) is 0. The molecule has 1 aromatic heterocycles. The molecule has 2 aromatic rings. The number of aryl methyl sites for hydroxylation is 1. The summed E-state index contributed by atoms with van der Waals surface area (Å²) in [4.78, 5) is 22.0. The lowest BCUT2D eigenvalue weighted by molar-refractivity contribution is -0.384. The van der Waals surface area contributed by atoms with Gasteiger partial charge in [-0.3, -0.25) is 19.6 Å². The molecule has 0 aliphatic heterocycles. The minimum Gasteiger partial charge on any atom is -0.323 e. The van der Waals surface area contributed by atoms with Crippen molar-refractivity contribution in [3.8, 4) is 0 Å². The molecule has 1 amide bonds. The van der Waals surface area contributed by atoms with Crippen molar-refractivity contribution >= 4 is 28.9 Å². The van der Waals surface area contributed by atoms with Gasteiger partial charge in [0.25, 0.3) is 12.1 Å². The van der Waals surface area contributed by atoms with Crippen LogP contribution in [0, 0.1) is 17.0 Å². The number of nitrogens with one attached hydrogen (secondary N) is 1. The van der Waals surface area contributed by atoms with Gasteiger partial charge in [-0.2, -0.15) is 5.10 Å². The van der Waals surface area contributed by atoms with Crippen molar-refractivity contribution in [2.45, 2.75) is 19.9 Å². The number of anilines is 1. The molecule has 7 nitrogen and oxygen atoms in total. The standard InChI is InChI=1S/C13H11ClF2N4O3/c1-7-4-11(13(15)16)19(18-7)6-12(21)17-10-5-8(20(22)23)2-3-9(10)14/h2-5,13H,6H2,1H3,(H,17,21). The molecule has 0 saturated heterocycles. The molecule has 0 unspecified atom stereocenters. The lowest BCUT2D eigenvalue weighted by Gasteiger charge is -2.09. The predicted octanol–water partition coefficient (Wildman–Crippen LogP) is 3.33. The van der Waals surface area contributed by atoms with Gasteiger partial charge < -0.3 is 5.32 Å². The molecule has 0 aliphatic rings. The van der Waals surface area contributed by atoms with Gasteiger partial charge in [0.15, 0.2) is 0 Å². The van der Waals surface area contributed by atoms with Gasteiger partial charge in [0.1, 0.15) is 12.2 Å². The topological polar surface area (TPSA) is 90.1 Å². The summed E-state index contributed by atoms with van der Waals surface area (Å²) in [6.45, 7) is 1.06. The van der Waals surface area contributed by atoms with Crippen molar-refractivity contribution in [1.29, 1.82) is 0 Å². The molecule has 1 N–H and O–H groups in total. The lowest BCUT2D eigenvalue weighted by atomic mass is 10.2. The molecule has 1 aromatic carbocycles. The van der Waals surface area contributed by atoms with Crippen LogP contribution in [-0.4, -0.2) is 20.6 Å². The van der Waals surface area contributed by atoms with Gasteiger partial charge in [0.2, 0.25) is 5.91 Å². The van der Waals surface area contributed by atoms with Crippen molar-refractivity contribution < 1.29 is 18.5 Å². The number of nitrogens with zero attached hydrogens (tertiary/aromatic N) is 3. The minimum absolute atomic E-state index is 0.0216.